The fraction of sp³-hybridized carbons (Fsp3) is 0.0667. The average Bonchev–Trinajstić information content (AvgIpc) is 3.61. The largest absolute Gasteiger partial charge is 0.456 e. The van der Waals surface area contributed by atoms with E-state index in [2.05, 4.69) is 164 Å². The summed E-state index contributed by atoms with van der Waals surface area (Å²) in [5, 5.41) is 10.0. The zero-order chi connectivity index (χ0) is 31.3. The summed E-state index contributed by atoms with van der Waals surface area (Å²) in [7, 11) is 0. The molecule has 0 fully saturated rings. The van der Waals surface area contributed by atoms with Crippen molar-refractivity contribution < 1.29 is 4.42 Å². The van der Waals surface area contributed by atoms with E-state index in [9.17, 15) is 0 Å². The van der Waals surface area contributed by atoms with Crippen LogP contribution in [0.15, 0.2) is 156 Å². The number of hydrogen-bond donors (Lipinski definition) is 0. The highest BCUT2D eigenvalue weighted by Gasteiger charge is 2.39. The van der Waals surface area contributed by atoms with E-state index in [1.54, 1.807) is 0 Å². The summed E-state index contributed by atoms with van der Waals surface area (Å²) in [6.07, 6.45) is 0. The van der Waals surface area contributed by atoms with Crippen molar-refractivity contribution in [2.45, 2.75) is 19.3 Å². The summed E-state index contributed by atoms with van der Waals surface area (Å²) in [5.74, 6) is 0. The van der Waals surface area contributed by atoms with Crippen molar-refractivity contribution in [1.82, 2.24) is 0 Å². The molecule has 0 aliphatic heterocycles. The fourth-order valence-electron chi connectivity index (χ4n) is 8.25. The van der Waals surface area contributed by atoms with E-state index in [1.165, 1.54) is 65.3 Å². The summed E-state index contributed by atoms with van der Waals surface area (Å²) in [4.78, 5) is 2.40. The molecule has 1 aliphatic rings. The Hall–Kier alpha value is -5.86. The molecule has 0 spiro atoms. The minimum atomic E-state index is -0.241. The zero-order valence-electron chi connectivity index (χ0n) is 26.3. The van der Waals surface area contributed by atoms with Crippen LogP contribution in [-0.4, -0.2) is 0 Å². The first-order valence-electron chi connectivity index (χ1n) is 16.4. The van der Waals surface area contributed by atoms with Crippen LogP contribution in [0, 0.1) is 0 Å². The molecule has 1 aromatic heterocycles. The average molecular weight is 602 g/mol. The van der Waals surface area contributed by atoms with Gasteiger partial charge in [-0.2, -0.15) is 0 Å². The Morgan fingerprint density at radius 1 is 0.426 bits per heavy atom. The minimum absolute atomic E-state index is 0.241. The van der Waals surface area contributed by atoms with Crippen LogP contribution in [0.5, 0.6) is 0 Å². The second-order valence-corrected chi connectivity index (χ2v) is 13.3. The van der Waals surface area contributed by atoms with E-state index in [0.29, 0.717) is 0 Å². The van der Waals surface area contributed by atoms with E-state index in [-0.39, 0.29) is 5.41 Å². The molecule has 0 amide bonds. The van der Waals surface area contributed by atoms with Gasteiger partial charge in [-0.05, 0) is 97.5 Å². The molecule has 0 N–H and O–H groups in total. The highest BCUT2D eigenvalue weighted by molar-refractivity contribution is 6.25. The topological polar surface area (TPSA) is 16.4 Å². The van der Waals surface area contributed by atoms with Gasteiger partial charge in [-0.3, -0.25) is 0 Å². The van der Waals surface area contributed by atoms with Crippen molar-refractivity contribution in [2.75, 3.05) is 4.90 Å². The maximum absolute atomic E-state index is 6.57. The van der Waals surface area contributed by atoms with Crippen molar-refractivity contribution in [3.8, 4) is 11.1 Å². The van der Waals surface area contributed by atoms with Gasteiger partial charge in [0.25, 0.3) is 0 Å². The molecule has 9 aromatic rings. The predicted octanol–water partition coefficient (Wildman–Crippen LogP) is 12.8. The first-order chi connectivity index (χ1) is 23.1. The zero-order valence-corrected chi connectivity index (χ0v) is 26.3. The third kappa shape index (κ3) is 3.67. The molecule has 8 aromatic carbocycles. The molecule has 0 unspecified atom stereocenters. The highest BCUT2D eigenvalue weighted by Crippen LogP contribution is 2.54. The normalized spacial score (nSPS) is 13.5. The molecule has 1 aliphatic carbocycles. The standard InChI is InChI=1S/C45H31NO/c1-45(2)41-27-30(21-23-36(41)38-24-25-39-37-18-10-11-19-42(37)47-44(39)43(38)45)46(28-12-4-3-5-13-28)29-20-22-35-33-16-7-6-14-31(33)32-15-8-9-17-34(32)40(35)26-29/h3-27H,1-2H3. The molecule has 2 heteroatoms. The van der Waals surface area contributed by atoms with E-state index < -0.39 is 0 Å². The number of furan rings is 1. The number of rotatable bonds is 3. The van der Waals surface area contributed by atoms with Gasteiger partial charge in [-0.25, -0.2) is 0 Å². The third-order valence-electron chi connectivity index (χ3n) is 10.4. The van der Waals surface area contributed by atoms with Gasteiger partial charge in [0, 0.05) is 38.8 Å². The lowest BCUT2D eigenvalue weighted by Crippen LogP contribution is -2.17. The molecule has 1 heterocycles. The molecule has 0 radical (unpaired) electrons. The Morgan fingerprint density at radius 2 is 0.957 bits per heavy atom. The summed E-state index contributed by atoms with van der Waals surface area (Å²) >= 11 is 0. The second kappa shape index (κ2) is 9.57. The second-order valence-electron chi connectivity index (χ2n) is 13.3. The van der Waals surface area contributed by atoms with E-state index in [0.717, 1.165) is 28.2 Å². The Kier molecular flexibility index (Phi) is 5.37. The lowest BCUT2D eigenvalue weighted by Gasteiger charge is -2.28. The lowest BCUT2D eigenvalue weighted by atomic mass is 9.81. The summed E-state index contributed by atoms with van der Waals surface area (Å²) < 4.78 is 6.57. The molecule has 222 valence electrons. The molecule has 10 rings (SSSR count). The first kappa shape index (κ1) is 26.4. The van der Waals surface area contributed by atoms with E-state index in [4.69, 9.17) is 4.42 Å². The molecular formula is C45H31NO. The van der Waals surface area contributed by atoms with Crippen LogP contribution in [0.1, 0.15) is 25.0 Å². The monoisotopic (exact) mass is 601 g/mol. The first-order valence-corrected chi connectivity index (χ1v) is 16.4. The Balaban J connectivity index is 1.19. The van der Waals surface area contributed by atoms with Crippen molar-refractivity contribution in [2.24, 2.45) is 0 Å². The smallest absolute Gasteiger partial charge is 0.140 e. The number of para-hydroxylation sites is 2. The van der Waals surface area contributed by atoms with E-state index >= 15 is 0 Å². The molecule has 47 heavy (non-hydrogen) atoms. The number of hydrogen-bond acceptors (Lipinski definition) is 2. The number of benzene rings is 8. The number of anilines is 3. The van der Waals surface area contributed by atoms with Gasteiger partial charge < -0.3 is 9.32 Å². The van der Waals surface area contributed by atoms with Crippen molar-refractivity contribution in [3.63, 3.8) is 0 Å². The molecular weight excluding hydrogens is 571 g/mol. The maximum atomic E-state index is 6.57. The summed E-state index contributed by atoms with van der Waals surface area (Å²) in [5.41, 5.74) is 10.2. The summed E-state index contributed by atoms with van der Waals surface area (Å²) in [6, 6.07) is 55.2. The van der Waals surface area contributed by atoms with Gasteiger partial charge in [-0.15, -0.1) is 0 Å². The van der Waals surface area contributed by atoms with Crippen molar-refractivity contribution in [3.05, 3.63) is 163 Å². The number of nitrogens with zero attached hydrogens (tertiary/aromatic N) is 1. The van der Waals surface area contributed by atoms with Crippen LogP contribution >= 0.6 is 0 Å². The van der Waals surface area contributed by atoms with Crippen molar-refractivity contribution in [1.29, 1.82) is 0 Å². The summed E-state index contributed by atoms with van der Waals surface area (Å²) in [6.45, 7) is 4.68. The van der Waals surface area contributed by atoms with Gasteiger partial charge in [0.15, 0.2) is 0 Å². The maximum Gasteiger partial charge on any atom is 0.140 e. The third-order valence-corrected chi connectivity index (χ3v) is 10.4. The van der Waals surface area contributed by atoms with Gasteiger partial charge in [0.05, 0.1) is 0 Å². The Labute approximate surface area is 273 Å². The molecule has 0 bridgehead atoms. The Bertz CT molecular complexity index is 2680. The van der Waals surface area contributed by atoms with Crippen molar-refractivity contribution >= 4 is 71.3 Å². The molecule has 0 saturated carbocycles. The van der Waals surface area contributed by atoms with Crippen LogP contribution < -0.4 is 4.90 Å². The molecule has 0 saturated heterocycles. The lowest BCUT2D eigenvalue weighted by molar-refractivity contribution is 0.620. The quantitative estimate of drug-likeness (QED) is 0.187. The van der Waals surface area contributed by atoms with Crippen LogP contribution in [-0.2, 0) is 5.41 Å². The highest BCUT2D eigenvalue weighted by atomic mass is 16.3. The van der Waals surface area contributed by atoms with Gasteiger partial charge in [0.1, 0.15) is 11.2 Å². The SMILES string of the molecule is CC1(C)c2cc(N(c3ccccc3)c3ccc4c5ccccc5c5ccccc5c4c3)ccc2-c2ccc3c(oc4ccccc43)c21. The fourth-order valence-corrected chi connectivity index (χ4v) is 8.25. The van der Waals surface area contributed by atoms with Gasteiger partial charge in [0.2, 0.25) is 0 Å². The van der Waals surface area contributed by atoms with Gasteiger partial charge >= 0.3 is 0 Å². The van der Waals surface area contributed by atoms with Gasteiger partial charge in [-0.1, -0.05) is 117 Å². The Morgan fingerprint density at radius 3 is 1.68 bits per heavy atom. The minimum Gasteiger partial charge on any atom is -0.456 e. The molecule has 0 atom stereocenters. The van der Waals surface area contributed by atoms with E-state index in [1.807, 2.05) is 6.07 Å². The predicted molar refractivity (Wildman–Crippen MR) is 198 cm³/mol. The van der Waals surface area contributed by atoms with Crippen LogP contribution in [0.4, 0.5) is 17.1 Å². The molecule has 2 nitrogen and oxygen atoms in total. The van der Waals surface area contributed by atoms with Crippen LogP contribution in [0.25, 0.3) is 65.4 Å². The van der Waals surface area contributed by atoms with Crippen LogP contribution in [0.3, 0.4) is 0 Å². The number of fused-ring (bicyclic) bond motifs is 13. The van der Waals surface area contributed by atoms with Crippen LogP contribution in [0.2, 0.25) is 0 Å².